The second-order valence-corrected chi connectivity index (χ2v) is 5.83. The highest BCUT2D eigenvalue weighted by Crippen LogP contribution is 2.30. The Hall–Kier alpha value is -2.56. The predicted molar refractivity (Wildman–Crippen MR) is 81.9 cm³/mol. The van der Waals surface area contributed by atoms with Crippen molar-refractivity contribution in [2.75, 3.05) is 7.11 Å². The minimum Gasteiger partial charge on any atom is -0.497 e. The number of alkyl halides is 3. The van der Waals surface area contributed by atoms with Crippen LogP contribution in [-0.4, -0.2) is 32.0 Å². The first kappa shape index (κ1) is 17.3. The molecule has 0 amide bonds. The lowest BCUT2D eigenvalue weighted by atomic mass is 10.2. The summed E-state index contributed by atoms with van der Waals surface area (Å²) in [6.07, 6.45) is -4.55. The number of rotatable bonds is 5. The van der Waals surface area contributed by atoms with E-state index in [9.17, 15) is 13.2 Å². The van der Waals surface area contributed by atoms with Crippen molar-refractivity contribution in [2.24, 2.45) is 7.05 Å². The molecule has 0 aliphatic carbocycles. The molecule has 132 valence electrons. The first-order chi connectivity index (χ1) is 11.9. The number of hydrogen-bond acceptors (Lipinski definition) is 7. The third kappa shape index (κ3) is 3.76. The molecule has 2 heterocycles. The van der Waals surface area contributed by atoms with Crippen molar-refractivity contribution in [3.05, 3.63) is 36.0 Å². The number of halogens is 3. The second-order valence-electron chi connectivity index (χ2n) is 4.89. The molecule has 0 N–H and O–H groups in total. The van der Waals surface area contributed by atoms with E-state index in [1.54, 1.807) is 31.4 Å². The fraction of sp³-hybridized carbons (Fsp3) is 0.286. The molecule has 1 aromatic carbocycles. The first-order valence-corrected chi connectivity index (χ1v) is 7.93. The van der Waals surface area contributed by atoms with Crippen LogP contribution in [0.4, 0.5) is 13.2 Å². The van der Waals surface area contributed by atoms with E-state index in [1.807, 2.05) is 0 Å². The summed E-state index contributed by atoms with van der Waals surface area (Å²) in [5, 5.41) is 10.7. The fourth-order valence-corrected chi connectivity index (χ4v) is 2.73. The zero-order valence-electron chi connectivity index (χ0n) is 13.1. The number of benzene rings is 1. The van der Waals surface area contributed by atoms with Gasteiger partial charge in [0.25, 0.3) is 0 Å². The van der Waals surface area contributed by atoms with Gasteiger partial charge in [-0.25, -0.2) is 0 Å². The van der Waals surface area contributed by atoms with Crippen LogP contribution in [0.3, 0.4) is 0 Å². The maximum absolute atomic E-state index is 12.7. The van der Waals surface area contributed by atoms with Crippen LogP contribution in [0.1, 0.15) is 11.7 Å². The van der Waals surface area contributed by atoms with Gasteiger partial charge in [0.05, 0.1) is 12.9 Å². The van der Waals surface area contributed by atoms with Gasteiger partial charge in [0.1, 0.15) is 5.75 Å². The molecule has 0 aliphatic heterocycles. The van der Waals surface area contributed by atoms with Crippen molar-refractivity contribution in [3.8, 4) is 17.1 Å². The van der Waals surface area contributed by atoms with Gasteiger partial charge in [0.2, 0.25) is 17.5 Å². The highest BCUT2D eigenvalue weighted by atomic mass is 32.2. The molecule has 0 fully saturated rings. The van der Waals surface area contributed by atoms with Gasteiger partial charge >= 0.3 is 6.18 Å². The van der Waals surface area contributed by atoms with E-state index in [0.29, 0.717) is 11.6 Å². The van der Waals surface area contributed by atoms with Gasteiger partial charge in [-0.05, 0) is 24.3 Å². The van der Waals surface area contributed by atoms with Crippen LogP contribution >= 0.6 is 11.8 Å². The molecule has 3 aromatic rings. The van der Waals surface area contributed by atoms with Gasteiger partial charge in [0.15, 0.2) is 5.16 Å². The summed E-state index contributed by atoms with van der Waals surface area (Å²) in [6.45, 7) is 0. The predicted octanol–water partition coefficient (Wildman–Crippen LogP) is 3.18. The first-order valence-electron chi connectivity index (χ1n) is 6.95. The van der Waals surface area contributed by atoms with E-state index in [0.717, 1.165) is 21.9 Å². The number of nitrogens with zero attached hydrogens (tertiary/aromatic N) is 5. The maximum atomic E-state index is 12.7. The van der Waals surface area contributed by atoms with E-state index in [4.69, 9.17) is 9.26 Å². The minimum atomic E-state index is -4.55. The zero-order chi connectivity index (χ0) is 18.0. The van der Waals surface area contributed by atoms with E-state index in [2.05, 4.69) is 20.3 Å². The molecule has 11 heteroatoms. The van der Waals surface area contributed by atoms with E-state index < -0.39 is 12.0 Å². The summed E-state index contributed by atoms with van der Waals surface area (Å²) in [4.78, 5) is 4.22. The number of ether oxygens (including phenoxy) is 1. The molecule has 0 aliphatic rings. The molecule has 0 radical (unpaired) electrons. The van der Waals surface area contributed by atoms with Gasteiger partial charge in [-0.3, -0.25) is 0 Å². The molecule has 0 saturated heterocycles. The van der Waals surface area contributed by atoms with Crippen molar-refractivity contribution in [1.82, 2.24) is 24.9 Å². The number of methoxy groups -OCH3 is 1. The van der Waals surface area contributed by atoms with Crippen molar-refractivity contribution in [3.63, 3.8) is 0 Å². The smallest absolute Gasteiger partial charge is 0.451 e. The minimum absolute atomic E-state index is 0.108. The zero-order valence-corrected chi connectivity index (χ0v) is 13.9. The van der Waals surface area contributed by atoms with Crippen LogP contribution in [0.25, 0.3) is 11.4 Å². The van der Waals surface area contributed by atoms with Gasteiger partial charge in [-0.1, -0.05) is 16.9 Å². The molecular formula is C14H12F3N5O2S. The van der Waals surface area contributed by atoms with Gasteiger partial charge < -0.3 is 13.8 Å². The molecule has 0 saturated carbocycles. The molecule has 25 heavy (non-hydrogen) atoms. The van der Waals surface area contributed by atoms with Crippen molar-refractivity contribution in [1.29, 1.82) is 0 Å². The van der Waals surface area contributed by atoms with Crippen LogP contribution in [0, 0.1) is 0 Å². The summed E-state index contributed by atoms with van der Waals surface area (Å²) < 4.78 is 49.1. The standard InChI is InChI=1S/C14H12F3N5O2S/c1-22-12(14(15,16)17)19-20-13(22)25-7-10-18-11(21-24-10)8-3-5-9(23-2)6-4-8/h3-6H,7H2,1-2H3. The maximum Gasteiger partial charge on any atom is 0.451 e. The summed E-state index contributed by atoms with van der Waals surface area (Å²) in [7, 11) is 2.82. The lowest BCUT2D eigenvalue weighted by Crippen LogP contribution is -2.12. The Kier molecular flexibility index (Phi) is 4.66. The van der Waals surface area contributed by atoms with E-state index in [-0.39, 0.29) is 16.8 Å². The highest BCUT2D eigenvalue weighted by molar-refractivity contribution is 7.98. The van der Waals surface area contributed by atoms with Gasteiger partial charge in [0, 0.05) is 12.6 Å². The van der Waals surface area contributed by atoms with Crippen LogP contribution in [0.15, 0.2) is 33.9 Å². The Morgan fingerprint density at radius 1 is 1.20 bits per heavy atom. The Morgan fingerprint density at radius 3 is 2.52 bits per heavy atom. The third-order valence-corrected chi connectivity index (χ3v) is 4.23. The largest absolute Gasteiger partial charge is 0.497 e. The highest BCUT2D eigenvalue weighted by Gasteiger charge is 2.37. The van der Waals surface area contributed by atoms with Crippen LogP contribution in [-0.2, 0) is 19.0 Å². The molecule has 7 nitrogen and oxygen atoms in total. The number of aromatic nitrogens is 5. The van der Waals surface area contributed by atoms with Crippen molar-refractivity contribution < 1.29 is 22.4 Å². The molecule has 0 unspecified atom stereocenters. The fourth-order valence-electron chi connectivity index (χ4n) is 1.98. The van der Waals surface area contributed by atoms with Crippen molar-refractivity contribution in [2.45, 2.75) is 17.1 Å². The monoisotopic (exact) mass is 371 g/mol. The normalized spacial score (nSPS) is 11.7. The summed E-state index contributed by atoms with van der Waals surface area (Å²) in [5.41, 5.74) is 0.735. The summed E-state index contributed by atoms with van der Waals surface area (Å²) >= 11 is 1.02. The number of hydrogen-bond donors (Lipinski definition) is 0. The molecule has 0 spiro atoms. The molecule has 3 rings (SSSR count). The lowest BCUT2D eigenvalue weighted by molar-refractivity contribution is -0.147. The average Bonchev–Trinajstić information content (AvgIpc) is 3.19. The Morgan fingerprint density at radius 2 is 1.92 bits per heavy atom. The Bertz CT molecular complexity index is 860. The average molecular weight is 371 g/mol. The Balaban J connectivity index is 1.69. The summed E-state index contributed by atoms with van der Waals surface area (Å²) in [5.74, 6) is 0.470. The van der Waals surface area contributed by atoms with Crippen LogP contribution in [0.5, 0.6) is 5.75 Å². The Labute approximate surface area is 144 Å². The van der Waals surface area contributed by atoms with E-state index >= 15 is 0 Å². The van der Waals surface area contributed by atoms with Gasteiger partial charge in [-0.15, -0.1) is 10.2 Å². The molecule has 0 bridgehead atoms. The molecule has 2 aromatic heterocycles. The summed E-state index contributed by atoms with van der Waals surface area (Å²) in [6, 6.07) is 7.08. The quantitative estimate of drug-likeness (QED) is 0.637. The van der Waals surface area contributed by atoms with Crippen LogP contribution < -0.4 is 4.74 Å². The topological polar surface area (TPSA) is 78.9 Å². The molecular weight excluding hydrogens is 359 g/mol. The van der Waals surface area contributed by atoms with Crippen LogP contribution in [0.2, 0.25) is 0 Å². The van der Waals surface area contributed by atoms with Gasteiger partial charge in [-0.2, -0.15) is 18.2 Å². The third-order valence-electron chi connectivity index (χ3n) is 3.23. The molecule has 0 atom stereocenters. The number of thioether (sulfide) groups is 1. The van der Waals surface area contributed by atoms with Crippen molar-refractivity contribution >= 4 is 11.8 Å². The second kappa shape index (κ2) is 6.75. The van der Waals surface area contributed by atoms with E-state index in [1.165, 1.54) is 7.05 Å². The SMILES string of the molecule is COc1ccc(-c2noc(CSc3nnc(C(F)(F)F)n3C)n2)cc1. The lowest BCUT2D eigenvalue weighted by Gasteiger charge is -2.05.